The fraction of sp³-hybridized carbons (Fsp3) is 0.640. The molecule has 1 aromatic rings. The van der Waals surface area contributed by atoms with Crippen LogP contribution in [0.2, 0.25) is 0 Å². The molecule has 1 aromatic carbocycles. The fourth-order valence-corrected chi connectivity index (χ4v) is 5.41. The van der Waals surface area contributed by atoms with Crippen molar-refractivity contribution < 1.29 is 14.4 Å². The summed E-state index contributed by atoms with van der Waals surface area (Å²) in [6.45, 7) is 6.03. The van der Waals surface area contributed by atoms with Gasteiger partial charge in [-0.25, -0.2) is 0 Å². The van der Waals surface area contributed by atoms with Crippen molar-refractivity contribution in [3.8, 4) is 0 Å². The number of carbonyl (C=O) groups is 3. The average Bonchev–Trinajstić information content (AvgIpc) is 2.82. The SMILES string of the molecule is CCN(CC)C(=O)c1ccc2c(c1)N(CC(=O)NC1CCCCC1)C(=O)C1CCCCN21. The number of nitrogens with one attached hydrogen (secondary N) is 1. The van der Waals surface area contributed by atoms with Crippen molar-refractivity contribution in [2.75, 3.05) is 36.0 Å². The Balaban J connectivity index is 1.63. The molecule has 4 rings (SSSR count). The normalized spacial score (nSPS) is 21.1. The van der Waals surface area contributed by atoms with Crippen molar-refractivity contribution in [1.82, 2.24) is 10.2 Å². The van der Waals surface area contributed by atoms with Crippen LogP contribution < -0.4 is 15.1 Å². The van der Waals surface area contributed by atoms with Gasteiger partial charge >= 0.3 is 0 Å². The number of anilines is 2. The van der Waals surface area contributed by atoms with Gasteiger partial charge in [0.15, 0.2) is 0 Å². The Morgan fingerprint density at radius 1 is 1.00 bits per heavy atom. The molecule has 1 unspecified atom stereocenters. The molecule has 3 aliphatic rings. The average molecular weight is 441 g/mol. The summed E-state index contributed by atoms with van der Waals surface area (Å²) in [7, 11) is 0. The maximum atomic E-state index is 13.5. The summed E-state index contributed by atoms with van der Waals surface area (Å²) in [5.74, 6) is -0.179. The molecule has 0 radical (unpaired) electrons. The molecular formula is C25H36N4O3. The van der Waals surface area contributed by atoms with Gasteiger partial charge in [-0.1, -0.05) is 19.3 Å². The van der Waals surface area contributed by atoms with Crippen molar-refractivity contribution in [2.45, 2.75) is 77.3 Å². The molecule has 7 heteroatoms. The number of rotatable bonds is 6. The number of nitrogens with zero attached hydrogens (tertiary/aromatic N) is 3. The Hall–Kier alpha value is -2.57. The number of piperidine rings is 1. The molecule has 32 heavy (non-hydrogen) atoms. The van der Waals surface area contributed by atoms with Crippen LogP contribution >= 0.6 is 0 Å². The van der Waals surface area contributed by atoms with E-state index in [0.29, 0.717) is 24.3 Å². The van der Waals surface area contributed by atoms with Crippen molar-refractivity contribution in [3.05, 3.63) is 23.8 Å². The standard InChI is InChI=1S/C25H36N4O3/c1-3-27(4-2)24(31)18-13-14-20-22(16-18)29(25(32)21-12-8-9-15-28(20)21)17-23(30)26-19-10-6-5-7-11-19/h13-14,16,19,21H,3-12,15,17H2,1-2H3,(H,26,30). The molecule has 174 valence electrons. The molecule has 2 fully saturated rings. The molecular weight excluding hydrogens is 404 g/mol. The Morgan fingerprint density at radius 2 is 1.72 bits per heavy atom. The lowest BCUT2D eigenvalue weighted by Gasteiger charge is -2.45. The van der Waals surface area contributed by atoms with Crippen LogP contribution in [0.15, 0.2) is 18.2 Å². The zero-order valence-corrected chi connectivity index (χ0v) is 19.4. The monoisotopic (exact) mass is 440 g/mol. The summed E-state index contributed by atoms with van der Waals surface area (Å²) >= 11 is 0. The van der Waals surface area contributed by atoms with Crippen LogP contribution in [0.1, 0.15) is 75.6 Å². The molecule has 2 aliphatic heterocycles. The fourth-order valence-electron chi connectivity index (χ4n) is 5.41. The lowest BCUT2D eigenvalue weighted by Crippen LogP contribution is -2.57. The second-order valence-corrected chi connectivity index (χ2v) is 9.21. The first-order valence-electron chi connectivity index (χ1n) is 12.3. The van der Waals surface area contributed by atoms with Crippen LogP contribution in [0, 0.1) is 0 Å². The van der Waals surface area contributed by atoms with Crippen molar-refractivity contribution in [3.63, 3.8) is 0 Å². The van der Waals surface area contributed by atoms with E-state index in [1.807, 2.05) is 32.0 Å². The highest BCUT2D eigenvalue weighted by molar-refractivity contribution is 6.09. The summed E-state index contributed by atoms with van der Waals surface area (Å²) in [5, 5.41) is 3.14. The molecule has 7 nitrogen and oxygen atoms in total. The van der Waals surface area contributed by atoms with Gasteiger partial charge in [0.2, 0.25) is 11.8 Å². The Bertz CT molecular complexity index is 861. The van der Waals surface area contributed by atoms with E-state index in [2.05, 4.69) is 10.2 Å². The van der Waals surface area contributed by atoms with E-state index < -0.39 is 0 Å². The van der Waals surface area contributed by atoms with Gasteiger partial charge in [0, 0.05) is 31.2 Å². The van der Waals surface area contributed by atoms with Gasteiger partial charge in [0.1, 0.15) is 12.6 Å². The second kappa shape index (κ2) is 9.92. The quantitative estimate of drug-likeness (QED) is 0.737. The number of fused-ring (bicyclic) bond motifs is 3. The van der Waals surface area contributed by atoms with Gasteiger partial charge < -0.3 is 15.1 Å². The number of carbonyl (C=O) groups excluding carboxylic acids is 3. The lowest BCUT2D eigenvalue weighted by molar-refractivity contribution is -0.125. The predicted octanol–water partition coefficient (Wildman–Crippen LogP) is 3.32. The Morgan fingerprint density at radius 3 is 2.44 bits per heavy atom. The van der Waals surface area contributed by atoms with Crippen LogP contribution in [0.25, 0.3) is 0 Å². The second-order valence-electron chi connectivity index (χ2n) is 9.21. The van der Waals surface area contributed by atoms with Crippen LogP contribution in [-0.4, -0.2) is 60.9 Å². The zero-order valence-electron chi connectivity index (χ0n) is 19.4. The number of benzene rings is 1. The predicted molar refractivity (Wildman–Crippen MR) is 126 cm³/mol. The smallest absolute Gasteiger partial charge is 0.253 e. The van der Waals surface area contributed by atoms with Crippen molar-refractivity contribution in [2.24, 2.45) is 0 Å². The first-order chi connectivity index (χ1) is 15.5. The van der Waals surface area contributed by atoms with E-state index in [0.717, 1.165) is 57.2 Å². The van der Waals surface area contributed by atoms with E-state index in [4.69, 9.17) is 0 Å². The van der Waals surface area contributed by atoms with E-state index in [1.54, 1.807) is 9.80 Å². The van der Waals surface area contributed by atoms with Gasteiger partial charge in [0.25, 0.3) is 5.91 Å². The number of amides is 3. The molecule has 1 saturated carbocycles. The molecule has 3 amide bonds. The third kappa shape index (κ3) is 4.48. The maximum absolute atomic E-state index is 13.5. The van der Waals surface area contributed by atoms with Crippen molar-refractivity contribution in [1.29, 1.82) is 0 Å². The van der Waals surface area contributed by atoms with E-state index in [1.165, 1.54) is 6.42 Å². The van der Waals surface area contributed by atoms with Gasteiger partial charge in [-0.2, -0.15) is 0 Å². The number of hydrogen-bond donors (Lipinski definition) is 1. The van der Waals surface area contributed by atoms with Crippen molar-refractivity contribution >= 4 is 29.1 Å². The summed E-state index contributed by atoms with van der Waals surface area (Å²) in [4.78, 5) is 45.0. The molecule has 1 atom stereocenters. The van der Waals surface area contributed by atoms with E-state index in [-0.39, 0.29) is 36.3 Å². The molecule has 1 saturated heterocycles. The summed E-state index contributed by atoms with van der Waals surface area (Å²) in [5.41, 5.74) is 2.20. The highest BCUT2D eigenvalue weighted by Gasteiger charge is 2.40. The lowest BCUT2D eigenvalue weighted by atomic mass is 9.94. The third-order valence-electron chi connectivity index (χ3n) is 7.20. The van der Waals surface area contributed by atoms with Gasteiger partial charge in [-0.3, -0.25) is 19.3 Å². The van der Waals surface area contributed by atoms with E-state index in [9.17, 15) is 14.4 Å². The first kappa shape index (κ1) is 22.6. The molecule has 0 bridgehead atoms. The number of hydrogen-bond acceptors (Lipinski definition) is 4. The van der Waals surface area contributed by atoms with Gasteiger partial charge in [-0.05, 0) is 64.2 Å². The highest BCUT2D eigenvalue weighted by atomic mass is 16.2. The van der Waals surface area contributed by atoms with Crippen LogP contribution in [0.5, 0.6) is 0 Å². The van der Waals surface area contributed by atoms with E-state index >= 15 is 0 Å². The van der Waals surface area contributed by atoms with Gasteiger partial charge in [0.05, 0.1) is 11.4 Å². The maximum Gasteiger partial charge on any atom is 0.253 e. The van der Waals surface area contributed by atoms with Crippen LogP contribution in [0.3, 0.4) is 0 Å². The molecule has 0 aromatic heterocycles. The summed E-state index contributed by atoms with van der Waals surface area (Å²) in [6.07, 6.45) is 8.40. The summed E-state index contributed by atoms with van der Waals surface area (Å²) in [6, 6.07) is 5.62. The minimum absolute atomic E-state index is 0.00951. The Kier molecular flexibility index (Phi) is 7.01. The molecule has 1 N–H and O–H groups in total. The minimum Gasteiger partial charge on any atom is -0.358 e. The highest BCUT2D eigenvalue weighted by Crippen LogP contribution is 2.40. The van der Waals surface area contributed by atoms with Crippen LogP contribution in [-0.2, 0) is 9.59 Å². The first-order valence-corrected chi connectivity index (χ1v) is 12.3. The zero-order chi connectivity index (χ0) is 22.7. The topological polar surface area (TPSA) is 73.0 Å². The largest absolute Gasteiger partial charge is 0.358 e. The molecule has 1 aliphatic carbocycles. The third-order valence-corrected chi connectivity index (χ3v) is 7.20. The van der Waals surface area contributed by atoms with Crippen LogP contribution in [0.4, 0.5) is 11.4 Å². The minimum atomic E-state index is -0.219. The molecule has 0 spiro atoms. The summed E-state index contributed by atoms with van der Waals surface area (Å²) < 4.78 is 0. The molecule has 2 heterocycles. The van der Waals surface area contributed by atoms with Gasteiger partial charge in [-0.15, -0.1) is 0 Å². The Labute approximate surface area is 191 Å².